The molecule has 0 radical (unpaired) electrons. The first kappa shape index (κ1) is 19.9. The van der Waals surface area contributed by atoms with Gasteiger partial charge in [-0.15, -0.1) is 0 Å². The van der Waals surface area contributed by atoms with E-state index in [0.29, 0.717) is 0 Å². The molecular formula is C16H12N4O6Se. The summed E-state index contributed by atoms with van der Waals surface area (Å²) >= 11 is -0.327. The summed E-state index contributed by atoms with van der Waals surface area (Å²) in [6.07, 6.45) is 0. The Morgan fingerprint density at radius 1 is 0.889 bits per heavy atom. The molecule has 0 spiro atoms. The van der Waals surface area contributed by atoms with Crippen LogP contribution in [-0.4, -0.2) is 41.4 Å². The van der Waals surface area contributed by atoms with E-state index in [1.54, 1.807) is 5.82 Å². The average molecular weight is 435 g/mol. The van der Waals surface area contributed by atoms with Gasteiger partial charge in [0.2, 0.25) is 0 Å². The van der Waals surface area contributed by atoms with E-state index < -0.39 is 21.7 Å². The molecule has 0 heterocycles. The molecule has 2 aromatic carbocycles. The number of nitrogens with one attached hydrogen (secondary N) is 1. The maximum atomic E-state index is 12.2. The van der Waals surface area contributed by atoms with Crippen LogP contribution in [0.3, 0.4) is 0 Å². The number of carbonyl (C=O) groups excluding carboxylic acids is 2. The zero-order chi connectivity index (χ0) is 20.0. The Bertz CT molecular complexity index is 925. The molecule has 2 aromatic rings. The van der Waals surface area contributed by atoms with E-state index in [9.17, 15) is 29.8 Å². The van der Waals surface area contributed by atoms with Crippen LogP contribution in [0, 0.1) is 20.2 Å². The second kappa shape index (κ2) is 8.79. The van der Waals surface area contributed by atoms with Crippen LogP contribution in [0.25, 0.3) is 0 Å². The molecule has 10 nitrogen and oxygen atoms in total. The quantitative estimate of drug-likeness (QED) is 0.251. The summed E-state index contributed by atoms with van der Waals surface area (Å²) in [5, 5.41) is 23.8. The van der Waals surface area contributed by atoms with Gasteiger partial charge in [0.25, 0.3) is 0 Å². The van der Waals surface area contributed by atoms with Gasteiger partial charge >= 0.3 is 158 Å². The molecule has 0 unspecified atom stereocenters. The maximum absolute atomic E-state index is 12.2. The number of non-ortho nitro benzene ring substituents is 2. The number of aliphatic imine (C=N–C) groups is 1. The number of rotatable bonds is 5. The minimum absolute atomic E-state index is 0.145. The molecule has 0 aliphatic heterocycles. The zero-order valence-corrected chi connectivity index (χ0v) is 15.5. The Hall–Kier alpha value is -3.43. The van der Waals surface area contributed by atoms with E-state index in [1.165, 1.54) is 48.5 Å². The molecule has 0 aliphatic rings. The summed E-state index contributed by atoms with van der Waals surface area (Å²) in [5.74, 6) is 0.543. The van der Waals surface area contributed by atoms with E-state index in [0.717, 1.165) is 0 Å². The van der Waals surface area contributed by atoms with Gasteiger partial charge in [0, 0.05) is 0 Å². The summed E-state index contributed by atoms with van der Waals surface area (Å²) in [4.78, 5) is 48.3. The first-order valence-corrected chi connectivity index (χ1v) is 9.86. The number of benzene rings is 2. The van der Waals surface area contributed by atoms with Crippen LogP contribution in [0.5, 0.6) is 0 Å². The van der Waals surface area contributed by atoms with Gasteiger partial charge in [0.1, 0.15) is 0 Å². The predicted octanol–water partition coefficient (Wildman–Crippen LogP) is 2.18. The third kappa shape index (κ3) is 5.27. The monoisotopic (exact) mass is 436 g/mol. The van der Waals surface area contributed by atoms with Gasteiger partial charge in [-0.05, 0) is 0 Å². The number of hydrogen-bond donors (Lipinski definition) is 1. The second-order valence-corrected chi connectivity index (χ2v) is 6.66. The molecule has 1 N–H and O–H groups in total. The Kier molecular flexibility index (Phi) is 6.47. The summed E-state index contributed by atoms with van der Waals surface area (Å²) in [7, 11) is 0. The number of amides is 2. The van der Waals surface area contributed by atoms with Crippen LogP contribution in [0.2, 0.25) is 5.82 Å². The van der Waals surface area contributed by atoms with Crippen molar-refractivity contribution in [3.8, 4) is 0 Å². The van der Waals surface area contributed by atoms with E-state index in [4.69, 9.17) is 0 Å². The topological polar surface area (TPSA) is 145 Å². The van der Waals surface area contributed by atoms with Crippen LogP contribution in [-0.2, 0) is 0 Å². The number of carbonyl (C=O) groups is 2. The number of nitro benzene ring substituents is 2. The first-order chi connectivity index (χ1) is 12.8. The van der Waals surface area contributed by atoms with Crippen LogP contribution in [0.15, 0.2) is 53.5 Å². The Balaban J connectivity index is 2.12. The van der Waals surface area contributed by atoms with Crippen LogP contribution < -0.4 is 5.32 Å². The molecule has 2 amide bonds. The van der Waals surface area contributed by atoms with Crippen molar-refractivity contribution >= 4 is 42.9 Å². The zero-order valence-electron chi connectivity index (χ0n) is 13.8. The van der Waals surface area contributed by atoms with Gasteiger partial charge in [-0.2, -0.15) is 0 Å². The first-order valence-electron chi connectivity index (χ1n) is 7.29. The van der Waals surface area contributed by atoms with E-state index in [1.807, 2.05) is 0 Å². The van der Waals surface area contributed by atoms with Crippen molar-refractivity contribution in [2.24, 2.45) is 4.99 Å². The van der Waals surface area contributed by atoms with Gasteiger partial charge in [0.05, 0.1) is 0 Å². The van der Waals surface area contributed by atoms with Gasteiger partial charge in [0.15, 0.2) is 0 Å². The fraction of sp³-hybridized carbons (Fsp3) is 0.0625. The SMILES string of the molecule is C[Se]C(=NC(=O)c1ccc([N+](=O)[O-])cc1)NC(=O)c1ccc([N+](=O)[O-])cc1. The molecule has 0 aromatic heterocycles. The van der Waals surface area contributed by atoms with Crippen molar-refractivity contribution in [1.82, 2.24) is 5.32 Å². The molecule has 0 fully saturated rings. The van der Waals surface area contributed by atoms with Crippen molar-refractivity contribution < 1.29 is 19.4 Å². The molecule has 0 bridgehead atoms. The second-order valence-electron chi connectivity index (χ2n) is 4.99. The normalized spacial score (nSPS) is 10.9. The van der Waals surface area contributed by atoms with Crippen molar-refractivity contribution in [1.29, 1.82) is 0 Å². The molecule has 0 saturated heterocycles. The van der Waals surface area contributed by atoms with E-state index >= 15 is 0 Å². The molecular weight excluding hydrogens is 423 g/mol. The van der Waals surface area contributed by atoms with Crippen LogP contribution >= 0.6 is 0 Å². The van der Waals surface area contributed by atoms with Gasteiger partial charge in [-0.25, -0.2) is 0 Å². The van der Waals surface area contributed by atoms with Crippen molar-refractivity contribution in [3.05, 3.63) is 79.9 Å². The summed E-state index contributed by atoms with van der Waals surface area (Å²) in [6.45, 7) is 0. The van der Waals surface area contributed by atoms with Crippen molar-refractivity contribution in [2.45, 2.75) is 5.82 Å². The molecule has 11 heteroatoms. The molecule has 0 atom stereocenters. The number of amidine groups is 1. The molecule has 0 saturated carbocycles. The molecule has 0 aliphatic carbocycles. The molecule has 2 rings (SSSR count). The van der Waals surface area contributed by atoms with Crippen LogP contribution in [0.4, 0.5) is 11.4 Å². The number of hydrogen-bond acceptors (Lipinski definition) is 6. The van der Waals surface area contributed by atoms with Crippen molar-refractivity contribution in [3.63, 3.8) is 0 Å². The third-order valence-corrected chi connectivity index (χ3v) is 4.50. The van der Waals surface area contributed by atoms with E-state index in [-0.39, 0.29) is 42.2 Å². The minimum atomic E-state index is -0.646. The Morgan fingerprint density at radius 3 is 1.74 bits per heavy atom. The molecule has 27 heavy (non-hydrogen) atoms. The van der Waals surface area contributed by atoms with Gasteiger partial charge in [-0.3, -0.25) is 0 Å². The fourth-order valence-corrected chi connectivity index (χ4v) is 2.69. The van der Waals surface area contributed by atoms with Crippen molar-refractivity contribution in [2.75, 3.05) is 0 Å². The Labute approximate surface area is 158 Å². The van der Waals surface area contributed by atoms with Gasteiger partial charge < -0.3 is 0 Å². The Morgan fingerprint density at radius 2 is 1.33 bits per heavy atom. The third-order valence-electron chi connectivity index (χ3n) is 3.28. The number of nitro groups is 2. The predicted molar refractivity (Wildman–Crippen MR) is 97.0 cm³/mol. The fourth-order valence-electron chi connectivity index (χ4n) is 1.91. The van der Waals surface area contributed by atoms with Crippen LogP contribution in [0.1, 0.15) is 20.7 Å². The number of nitrogens with zero attached hydrogens (tertiary/aromatic N) is 3. The van der Waals surface area contributed by atoms with Gasteiger partial charge in [-0.1, -0.05) is 0 Å². The average Bonchev–Trinajstić information content (AvgIpc) is 2.67. The summed E-state index contributed by atoms with van der Waals surface area (Å²) in [6, 6.07) is 9.93. The summed E-state index contributed by atoms with van der Waals surface area (Å²) < 4.78 is 0.161. The van der Waals surface area contributed by atoms with E-state index in [2.05, 4.69) is 10.3 Å². The summed E-state index contributed by atoms with van der Waals surface area (Å²) in [5.41, 5.74) is 0.0303. The standard InChI is InChI=1S/C16H12N4O6Se/c1-27-16(17-14(21)10-2-6-12(7-3-10)19(23)24)18-15(22)11-4-8-13(9-5-11)20(25)26/h2-9H,1H3,(H,17,18,21,22). The molecule has 138 valence electrons.